The average Bonchev–Trinajstić information content (AvgIpc) is 2.64. The highest BCUT2D eigenvalue weighted by atomic mass is 16.5. The van der Waals surface area contributed by atoms with E-state index in [0.717, 1.165) is 22.6 Å². The maximum Gasteiger partial charge on any atom is 0.118 e. The van der Waals surface area contributed by atoms with Crippen molar-refractivity contribution in [1.82, 2.24) is 4.98 Å². The highest BCUT2D eigenvalue weighted by molar-refractivity contribution is 5.36. The van der Waals surface area contributed by atoms with Crippen molar-refractivity contribution >= 4 is 0 Å². The first-order valence-electron chi connectivity index (χ1n) is 7.57. The van der Waals surface area contributed by atoms with E-state index in [4.69, 9.17) is 4.74 Å². The number of rotatable bonds is 5. The van der Waals surface area contributed by atoms with Crippen LogP contribution in [0.3, 0.4) is 0 Å². The minimum absolute atomic E-state index is 0.217. The van der Waals surface area contributed by atoms with Crippen LogP contribution in [0.5, 0.6) is 5.75 Å². The summed E-state index contributed by atoms with van der Waals surface area (Å²) in [6.07, 6.45) is 1.07. The van der Waals surface area contributed by atoms with Crippen LogP contribution in [0.25, 0.3) is 0 Å². The summed E-state index contributed by atoms with van der Waals surface area (Å²) in [5.74, 6) is 0.556. The number of aliphatic hydroxyl groups is 1. The normalized spacial score (nSPS) is 13.3. The molecule has 0 bridgehead atoms. The number of hydrogen-bond donors (Lipinski definition) is 1. The van der Waals surface area contributed by atoms with Gasteiger partial charge in [-0.2, -0.15) is 0 Å². The van der Waals surface area contributed by atoms with Crippen LogP contribution in [0.2, 0.25) is 0 Å². The van der Waals surface area contributed by atoms with E-state index in [1.54, 1.807) is 13.3 Å². The Hall–Kier alpha value is -2.65. The predicted molar refractivity (Wildman–Crippen MR) is 90.5 cm³/mol. The molecule has 1 heterocycles. The van der Waals surface area contributed by atoms with Gasteiger partial charge in [0, 0.05) is 6.20 Å². The van der Waals surface area contributed by atoms with Crippen molar-refractivity contribution in [3.63, 3.8) is 0 Å². The first-order valence-corrected chi connectivity index (χ1v) is 7.57. The van der Waals surface area contributed by atoms with Crippen molar-refractivity contribution in [2.24, 2.45) is 0 Å². The lowest BCUT2D eigenvalue weighted by atomic mass is 9.86. The summed E-state index contributed by atoms with van der Waals surface area (Å²) in [5.41, 5.74) is 2.72. The fraction of sp³-hybridized carbons (Fsp3) is 0.150. The Bertz CT molecular complexity index is 687. The van der Waals surface area contributed by atoms with Gasteiger partial charge in [-0.3, -0.25) is 4.98 Å². The molecule has 3 rings (SSSR count). The smallest absolute Gasteiger partial charge is 0.118 e. The molecule has 0 spiro atoms. The Morgan fingerprint density at radius 1 is 0.826 bits per heavy atom. The molecular formula is C20H19NO2. The molecule has 2 aromatic carbocycles. The summed E-state index contributed by atoms with van der Waals surface area (Å²) in [5, 5.41) is 11.0. The molecule has 1 aromatic heterocycles. The van der Waals surface area contributed by atoms with E-state index in [1.807, 2.05) is 72.8 Å². The van der Waals surface area contributed by atoms with Gasteiger partial charge in [0.25, 0.3) is 0 Å². The minimum atomic E-state index is -0.682. The number of benzene rings is 2. The standard InChI is InChI=1S/C20H19NO2/c1-23-17-12-10-16(11-13-17)20(22)19(15-7-3-2-4-8-15)18-9-5-6-14-21-18/h2-14,19-20,22H,1H3/t19-,20+/m0/s1. The van der Waals surface area contributed by atoms with E-state index in [1.165, 1.54) is 0 Å². The number of ether oxygens (including phenoxy) is 1. The monoisotopic (exact) mass is 305 g/mol. The number of nitrogens with zero attached hydrogens (tertiary/aromatic N) is 1. The summed E-state index contributed by atoms with van der Waals surface area (Å²) in [6.45, 7) is 0. The van der Waals surface area contributed by atoms with Crippen LogP contribution in [0.15, 0.2) is 79.0 Å². The lowest BCUT2D eigenvalue weighted by molar-refractivity contribution is 0.157. The van der Waals surface area contributed by atoms with Crippen molar-refractivity contribution in [2.45, 2.75) is 12.0 Å². The summed E-state index contributed by atoms with van der Waals surface area (Å²) in [4.78, 5) is 4.45. The third kappa shape index (κ3) is 3.41. The Labute approximate surface area is 136 Å². The molecule has 0 saturated heterocycles. The zero-order valence-electron chi connectivity index (χ0n) is 13.0. The van der Waals surface area contributed by atoms with Crippen LogP contribution in [0, 0.1) is 0 Å². The van der Waals surface area contributed by atoms with E-state index in [0.29, 0.717) is 0 Å². The maximum atomic E-state index is 11.0. The van der Waals surface area contributed by atoms with Gasteiger partial charge in [-0.15, -0.1) is 0 Å². The number of aliphatic hydroxyl groups excluding tert-OH is 1. The number of pyridine rings is 1. The van der Waals surface area contributed by atoms with E-state index in [9.17, 15) is 5.11 Å². The lowest BCUT2D eigenvalue weighted by Crippen LogP contribution is -2.13. The zero-order chi connectivity index (χ0) is 16.1. The molecule has 0 fully saturated rings. The molecule has 0 radical (unpaired) electrons. The number of methoxy groups -OCH3 is 1. The van der Waals surface area contributed by atoms with E-state index in [-0.39, 0.29) is 5.92 Å². The van der Waals surface area contributed by atoms with Gasteiger partial charge >= 0.3 is 0 Å². The molecular weight excluding hydrogens is 286 g/mol. The van der Waals surface area contributed by atoms with Crippen LogP contribution in [0.1, 0.15) is 28.8 Å². The summed E-state index contributed by atoms with van der Waals surface area (Å²) >= 11 is 0. The van der Waals surface area contributed by atoms with Gasteiger partial charge in [0.05, 0.1) is 24.8 Å². The molecule has 0 saturated carbocycles. The Morgan fingerprint density at radius 2 is 1.52 bits per heavy atom. The highest BCUT2D eigenvalue weighted by Crippen LogP contribution is 2.36. The largest absolute Gasteiger partial charge is 0.497 e. The van der Waals surface area contributed by atoms with Gasteiger partial charge in [0.2, 0.25) is 0 Å². The second-order valence-corrected chi connectivity index (χ2v) is 5.36. The van der Waals surface area contributed by atoms with Gasteiger partial charge in [-0.25, -0.2) is 0 Å². The minimum Gasteiger partial charge on any atom is -0.497 e. The van der Waals surface area contributed by atoms with Gasteiger partial charge in [-0.1, -0.05) is 48.5 Å². The van der Waals surface area contributed by atoms with Crippen molar-refractivity contribution in [3.8, 4) is 5.75 Å². The first-order chi connectivity index (χ1) is 11.3. The number of hydrogen-bond acceptors (Lipinski definition) is 3. The topological polar surface area (TPSA) is 42.4 Å². The van der Waals surface area contributed by atoms with Crippen LogP contribution < -0.4 is 4.74 Å². The molecule has 3 nitrogen and oxygen atoms in total. The van der Waals surface area contributed by atoms with E-state index < -0.39 is 6.10 Å². The zero-order valence-corrected chi connectivity index (χ0v) is 13.0. The fourth-order valence-corrected chi connectivity index (χ4v) is 2.73. The van der Waals surface area contributed by atoms with Crippen LogP contribution in [-0.4, -0.2) is 17.2 Å². The quantitative estimate of drug-likeness (QED) is 0.776. The van der Waals surface area contributed by atoms with Crippen molar-refractivity contribution < 1.29 is 9.84 Å². The summed E-state index contributed by atoms with van der Waals surface area (Å²) in [7, 11) is 1.63. The highest BCUT2D eigenvalue weighted by Gasteiger charge is 2.25. The second-order valence-electron chi connectivity index (χ2n) is 5.36. The Balaban J connectivity index is 2.00. The van der Waals surface area contributed by atoms with Gasteiger partial charge in [0.15, 0.2) is 0 Å². The molecule has 0 unspecified atom stereocenters. The molecule has 3 aromatic rings. The Kier molecular flexibility index (Phi) is 4.69. The fourth-order valence-electron chi connectivity index (χ4n) is 2.73. The van der Waals surface area contributed by atoms with E-state index >= 15 is 0 Å². The van der Waals surface area contributed by atoms with Crippen molar-refractivity contribution in [2.75, 3.05) is 7.11 Å². The molecule has 2 atom stereocenters. The molecule has 116 valence electrons. The lowest BCUT2D eigenvalue weighted by Gasteiger charge is -2.23. The molecule has 0 amide bonds. The van der Waals surface area contributed by atoms with Crippen LogP contribution >= 0.6 is 0 Å². The molecule has 0 aliphatic rings. The Morgan fingerprint density at radius 3 is 2.13 bits per heavy atom. The first kappa shape index (κ1) is 15.3. The van der Waals surface area contributed by atoms with Crippen molar-refractivity contribution in [1.29, 1.82) is 0 Å². The second kappa shape index (κ2) is 7.07. The maximum absolute atomic E-state index is 11.0. The van der Waals surface area contributed by atoms with Crippen molar-refractivity contribution in [3.05, 3.63) is 95.8 Å². The van der Waals surface area contributed by atoms with Gasteiger partial charge in [-0.05, 0) is 35.4 Å². The van der Waals surface area contributed by atoms with E-state index in [2.05, 4.69) is 4.98 Å². The average molecular weight is 305 g/mol. The summed E-state index contributed by atoms with van der Waals surface area (Å²) < 4.78 is 5.18. The third-order valence-electron chi connectivity index (χ3n) is 3.94. The molecule has 0 aliphatic carbocycles. The van der Waals surface area contributed by atoms with Crippen LogP contribution in [-0.2, 0) is 0 Å². The van der Waals surface area contributed by atoms with Crippen LogP contribution in [0.4, 0.5) is 0 Å². The molecule has 3 heteroatoms. The van der Waals surface area contributed by atoms with Gasteiger partial charge < -0.3 is 9.84 Å². The number of aromatic nitrogens is 1. The van der Waals surface area contributed by atoms with Gasteiger partial charge in [0.1, 0.15) is 5.75 Å². The molecule has 1 N–H and O–H groups in total. The molecule has 23 heavy (non-hydrogen) atoms. The third-order valence-corrected chi connectivity index (χ3v) is 3.94. The predicted octanol–water partition coefficient (Wildman–Crippen LogP) is 3.96. The summed E-state index contributed by atoms with van der Waals surface area (Å²) in [6, 6.07) is 23.2. The molecule has 0 aliphatic heterocycles. The SMILES string of the molecule is COc1ccc([C@@H](O)[C@@H](c2ccccc2)c2ccccn2)cc1.